The summed E-state index contributed by atoms with van der Waals surface area (Å²) in [7, 11) is 1.20. The molecule has 0 unspecified atom stereocenters. The number of thiazole rings is 1. The molecule has 1 aromatic heterocycles. The second-order valence-electron chi connectivity index (χ2n) is 3.57. The van der Waals surface area contributed by atoms with Gasteiger partial charge in [0.05, 0.1) is 12.8 Å². The van der Waals surface area contributed by atoms with Crippen LogP contribution in [0.2, 0.25) is 0 Å². The van der Waals surface area contributed by atoms with E-state index in [1.54, 1.807) is 0 Å². The van der Waals surface area contributed by atoms with Crippen LogP contribution in [0.4, 0.5) is 13.2 Å². The zero-order valence-corrected chi connectivity index (χ0v) is 11.4. The summed E-state index contributed by atoms with van der Waals surface area (Å²) in [5.41, 5.74) is 0.0109. The number of carbonyl (C=O) groups is 2. The van der Waals surface area contributed by atoms with Crippen LogP contribution in [-0.4, -0.2) is 30.5 Å². The number of methoxy groups -OCH3 is 1. The van der Waals surface area contributed by atoms with Gasteiger partial charge in [-0.1, -0.05) is 6.08 Å². The highest BCUT2D eigenvalue weighted by Crippen LogP contribution is 2.33. The smallest absolute Gasteiger partial charge is 0.443 e. The standard InChI is InChI=1S/C11H11F3N2O3S/c1-6-8(20-10(16-6)11(12,13)14)9(18)15-5-3-4-7(17)19-2/h3-4H,5H2,1-2H3,(H,15,18)/b4-3+. The van der Waals surface area contributed by atoms with Crippen LogP contribution in [0.15, 0.2) is 12.2 Å². The lowest BCUT2D eigenvalue weighted by Crippen LogP contribution is -2.23. The van der Waals surface area contributed by atoms with Crippen LogP contribution in [0.5, 0.6) is 0 Å². The van der Waals surface area contributed by atoms with Crippen LogP contribution in [0.1, 0.15) is 20.4 Å². The summed E-state index contributed by atoms with van der Waals surface area (Å²) in [6.45, 7) is 1.32. The molecule has 0 saturated heterocycles. The molecule has 1 amide bonds. The van der Waals surface area contributed by atoms with Gasteiger partial charge in [0, 0.05) is 12.6 Å². The number of nitrogens with one attached hydrogen (secondary N) is 1. The van der Waals surface area contributed by atoms with E-state index in [-0.39, 0.29) is 28.5 Å². The van der Waals surface area contributed by atoms with E-state index in [1.165, 1.54) is 20.1 Å². The maximum atomic E-state index is 12.4. The molecule has 0 radical (unpaired) electrons. The molecule has 20 heavy (non-hydrogen) atoms. The summed E-state index contributed by atoms with van der Waals surface area (Å²) in [4.78, 5) is 25.6. The van der Waals surface area contributed by atoms with Crippen LogP contribution < -0.4 is 5.32 Å². The van der Waals surface area contributed by atoms with E-state index in [0.29, 0.717) is 0 Å². The maximum absolute atomic E-state index is 12.4. The Morgan fingerprint density at radius 1 is 1.45 bits per heavy atom. The fourth-order valence-electron chi connectivity index (χ4n) is 1.18. The topological polar surface area (TPSA) is 68.3 Å². The predicted octanol–water partition coefficient (Wildman–Crippen LogP) is 1.93. The quantitative estimate of drug-likeness (QED) is 0.682. The molecule has 1 N–H and O–H groups in total. The Balaban J connectivity index is 2.67. The van der Waals surface area contributed by atoms with E-state index < -0.39 is 23.1 Å². The molecule has 5 nitrogen and oxygen atoms in total. The van der Waals surface area contributed by atoms with Crippen molar-refractivity contribution in [1.29, 1.82) is 0 Å². The summed E-state index contributed by atoms with van der Waals surface area (Å²) in [5.74, 6) is -1.27. The zero-order chi connectivity index (χ0) is 15.3. The highest BCUT2D eigenvalue weighted by Gasteiger charge is 2.36. The first kappa shape index (κ1) is 16.2. The average molecular weight is 308 g/mol. The number of amides is 1. The van der Waals surface area contributed by atoms with E-state index in [2.05, 4.69) is 15.0 Å². The Hall–Kier alpha value is -1.90. The first-order valence-electron chi connectivity index (χ1n) is 5.33. The number of hydrogen-bond donors (Lipinski definition) is 1. The monoisotopic (exact) mass is 308 g/mol. The SMILES string of the molecule is COC(=O)/C=C/CNC(=O)c1sc(C(F)(F)F)nc1C. The van der Waals surface area contributed by atoms with E-state index in [9.17, 15) is 22.8 Å². The van der Waals surface area contributed by atoms with Crippen molar-refractivity contribution >= 4 is 23.2 Å². The van der Waals surface area contributed by atoms with Crippen molar-refractivity contribution in [2.24, 2.45) is 0 Å². The molecule has 110 valence electrons. The number of esters is 1. The minimum absolute atomic E-state index is 0.00732. The van der Waals surface area contributed by atoms with Gasteiger partial charge < -0.3 is 10.1 Å². The molecule has 0 saturated carbocycles. The van der Waals surface area contributed by atoms with Gasteiger partial charge >= 0.3 is 12.1 Å². The van der Waals surface area contributed by atoms with Crippen LogP contribution in [-0.2, 0) is 15.7 Å². The van der Waals surface area contributed by atoms with Gasteiger partial charge in [0.2, 0.25) is 0 Å². The highest BCUT2D eigenvalue weighted by atomic mass is 32.1. The Morgan fingerprint density at radius 2 is 2.10 bits per heavy atom. The van der Waals surface area contributed by atoms with Crippen molar-refractivity contribution in [3.8, 4) is 0 Å². The molecular formula is C11H11F3N2O3S. The summed E-state index contributed by atoms with van der Waals surface area (Å²) in [5, 5.41) is 1.29. The molecular weight excluding hydrogens is 297 g/mol. The molecule has 1 heterocycles. The summed E-state index contributed by atoms with van der Waals surface area (Å²) < 4.78 is 41.6. The van der Waals surface area contributed by atoms with Crippen molar-refractivity contribution in [2.45, 2.75) is 13.1 Å². The molecule has 0 aromatic carbocycles. The van der Waals surface area contributed by atoms with Crippen molar-refractivity contribution in [3.63, 3.8) is 0 Å². The third kappa shape index (κ3) is 4.34. The second kappa shape index (κ2) is 6.51. The minimum Gasteiger partial charge on any atom is -0.466 e. The zero-order valence-electron chi connectivity index (χ0n) is 10.6. The molecule has 1 aromatic rings. The van der Waals surface area contributed by atoms with Crippen molar-refractivity contribution in [1.82, 2.24) is 10.3 Å². The summed E-state index contributed by atoms with van der Waals surface area (Å²) >= 11 is 0.280. The summed E-state index contributed by atoms with van der Waals surface area (Å²) in [6, 6.07) is 0. The number of ether oxygens (including phenoxy) is 1. The van der Waals surface area contributed by atoms with E-state index in [4.69, 9.17) is 0 Å². The van der Waals surface area contributed by atoms with Crippen molar-refractivity contribution in [3.05, 3.63) is 27.7 Å². The van der Waals surface area contributed by atoms with E-state index in [0.717, 1.165) is 6.08 Å². The average Bonchev–Trinajstić information content (AvgIpc) is 2.76. The van der Waals surface area contributed by atoms with Gasteiger partial charge in [0.15, 0.2) is 5.01 Å². The molecule has 1 rings (SSSR count). The van der Waals surface area contributed by atoms with Gasteiger partial charge in [-0.05, 0) is 6.92 Å². The minimum atomic E-state index is -4.57. The van der Waals surface area contributed by atoms with E-state index >= 15 is 0 Å². The lowest BCUT2D eigenvalue weighted by Gasteiger charge is -2.00. The Morgan fingerprint density at radius 3 is 2.60 bits per heavy atom. The lowest BCUT2D eigenvalue weighted by atomic mass is 10.3. The van der Waals surface area contributed by atoms with Gasteiger partial charge in [-0.15, -0.1) is 11.3 Å². The molecule has 0 spiro atoms. The molecule has 0 fully saturated rings. The van der Waals surface area contributed by atoms with Crippen LogP contribution in [0.25, 0.3) is 0 Å². The molecule has 0 aliphatic heterocycles. The maximum Gasteiger partial charge on any atom is 0.443 e. The number of carbonyl (C=O) groups excluding carboxylic acids is 2. The first-order valence-corrected chi connectivity index (χ1v) is 6.14. The molecule has 0 bridgehead atoms. The van der Waals surface area contributed by atoms with Gasteiger partial charge in [-0.2, -0.15) is 13.2 Å². The number of aromatic nitrogens is 1. The largest absolute Gasteiger partial charge is 0.466 e. The van der Waals surface area contributed by atoms with Crippen molar-refractivity contribution in [2.75, 3.05) is 13.7 Å². The van der Waals surface area contributed by atoms with Gasteiger partial charge in [0.1, 0.15) is 4.88 Å². The second-order valence-corrected chi connectivity index (χ2v) is 4.57. The molecule has 0 aliphatic rings. The third-order valence-corrected chi connectivity index (χ3v) is 3.28. The van der Waals surface area contributed by atoms with Crippen LogP contribution in [0.3, 0.4) is 0 Å². The molecule has 9 heteroatoms. The van der Waals surface area contributed by atoms with Crippen molar-refractivity contribution < 1.29 is 27.5 Å². The van der Waals surface area contributed by atoms with Gasteiger partial charge in [0.25, 0.3) is 5.91 Å². The van der Waals surface area contributed by atoms with Crippen LogP contribution >= 0.6 is 11.3 Å². The number of halogens is 3. The van der Waals surface area contributed by atoms with Gasteiger partial charge in [-0.3, -0.25) is 4.79 Å². The summed E-state index contributed by atoms with van der Waals surface area (Å²) in [6.07, 6.45) is -2.15. The van der Waals surface area contributed by atoms with E-state index in [1.807, 2.05) is 0 Å². The lowest BCUT2D eigenvalue weighted by molar-refractivity contribution is -0.137. The number of nitrogens with zero attached hydrogens (tertiary/aromatic N) is 1. The fraction of sp³-hybridized carbons (Fsp3) is 0.364. The Kier molecular flexibility index (Phi) is 5.26. The Bertz CT molecular complexity index is 538. The number of hydrogen-bond acceptors (Lipinski definition) is 5. The normalized spacial score (nSPS) is 11.7. The molecule has 0 aliphatic carbocycles. The number of alkyl halides is 3. The van der Waals surface area contributed by atoms with Crippen LogP contribution in [0, 0.1) is 6.92 Å². The number of rotatable bonds is 4. The first-order chi connectivity index (χ1) is 9.25. The highest BCUT2D eigenvalue weighted by molar-refractivity contribution is 7.13. The fourth-order valence-corrected chi connectivity index (χ4v) is 2.03. The molecule has 0 atom stereocenters. The number of aryl methyl sites for hydroxylation is 1. The predicted molar refractivity (Wildman–Crippen MR) is 65.3 cm³/mol. The third-order valence-electron chi connectivity index (χ3n) is 2.08. The van der Waals surface area contributed by atoms with Gasteiger partial charge in [-0.25, -0.2) is 9.78 Å². The Labute approximate surface area is 116 Å².